The van der Waals surface area contributed by atoms with Crippen molar-refractivity contribution in [3.05, 3.63) is 17.7 Å². The van der Waals surface area contributed by atoms with Crippen LogP contribution in [0.5, 0.6) is 0 Å². The summed E-state index contributed by atoms with van der Waals surface area (Å²) < 4.78 is 2.15. The Morgan fingerprint density at radius 3 is 2.83 bits per heavy atom. The van der Waals surface area contributed by atoms with Crippen molar-refractivity contribution in [3.8, 4) is 0 Å². The Balaban J connectivity index is 1.34. The molecule has 1 saturated heterocycles. The molecule has 1 aromatic heterocycles. The van der Waals surface area contributed by atoms with E-state index in [0.29, 0.717) is 19.0 Å². The number of aryl methyl sites for hydroxylation is 2. The molecule has 0 aromatic carbocycles. The molecule has 2 fully saturated rings. The van der Waals surface area contributed by atoms with Gasteiger partial charge in [0.25, 0.3) is 0 Å². The Bertz CT molecular complexity index is 647. The van der Waals surface area contributed by atoms with E-state index < -0.39 is 0 Å². The molecule has 130 valence electrons. The van der Waals surface area contributed by atoms with Gasteiger partial charge in [0.1, 0.15) is 5.82 Å². The van der Waals surface area contributed by atoms with Crippen molar-refractivity contribution in [1.29, 1.82) is 0 Å². The summed E-state index contributed by atoms with van der Waals surface area (Å²) in [5.74, 6) is 1.15. The van der Waals surface area contributed by atoms with Gasteiger partial charge in [0, 0.05) is 44.2 Å². The van der Waals surface area contributed by atoms with E-state index in [9.17, 15) is 9.59 Å². The van der Waals surface area contributed by atoms with Crippen LogP contribution in [0.4, 0.5) is 0 Å². The van der Waals surface area contributed by atoms with Gasteiger partial charge in [0.2, 0.25) is 11.8 Å². The van der Waals surface area contributed by atoms with Crippen molar-refractivity contribution >= 4 is 11.8 Å². The fourth-order valence-electron chi connectivity index (χ4n) is 4.50. The van der Waals surface area contributed by atoms with E-state index in [0.717, 1.165) is 43.7 Å². The van der Waals surface area contributed by atoms with Gasteiger partial charge in [-0.2, -0.15) is 0 Å². The summed E-state index contributed by atoms with van der Waals surface area (Å²) in [6, 6.07) is 0.524. The predicted molar refractivity (Wildman–Crippen MR) is 89.3 cm³/mol. The number of nitrogens with one attached hydrogen (secondary N) is 1. The molecule has 0 radical (unpaired) electrons. The average Bonchev–Trinajstić information content (AvgIpc) is 3.25. The second-order valence-corrected chi connectivity index (χ2v) is 7.58. The van der Waals surface area contributed by atoms with Crippen LogP contribution in [-0.4, -0.2) is 44.9 Å². The number of aromatic nitrogens is 2. The van der Waals surface area contributed by atoms with Crippen LogP contribution in [0.15, 0.2) is 6.20 Å². The number of likely N-dealkylation sites (tertiary alicyclic amines) is 1. The summed E-state index contributed by atoms with van der Waals surface area (Å²) >= 11 is 0. The molecule has 6 nitrogen and oxygen atoms in total. The van der Waals surface area contributed by atoms with Crippen LogP contribution in [0.3, 0.4) is 0 Å². The molecule has 4 rings (SSSR count). The maximum Gasteiger partial charge on any atom is 0.225 e. The molecule has 2 amide bonds. The number of rotatable bonds is 3. The van der Waals surface area contributed by atoms with Gasteiger partial charge in [-0.05, 0) is 26.2 Å². The van der Waals surface area contributed by atoms with Gasteiger partial charge in [-0.3, -0.25) is 9.59 Å². The van der Waals surface area contributed by atoms with Gasteiger partial charge in [-0.1, -0.05) is 12.8 Å². The van der Waals surface area contributed by atoms with Crippen molar-refractivity contribution in [3.63, 3.8) is 0 Å². The summed E-state index contributed by atoms with van der Waals surface area (Å²) in [4.78, 5) is 31.4. The topological polar surface area (TPSA) is 67.2 Å². The number of carbonyl (C=O) groups excluding carboxylic acids is 2. The van der Waals surface area contributed by atoms with E-state index in [1.807, 2.05) is 11.8 Å². The Hall–Kier alpha value is -1.85. The zero-order valence-electron chi connectivity index (χ0n) is 14.3. The lowest BCUT2D eigenvalue weighted by atomic mass is 10.0. The highest BCUT2D eigenvalue weighted by atomic mass is 16.2. The monoisotopic (exact) mass is 330 g/mol. The third kappa shape index (κ3) is 2.94. The van der Waals surface area contributed by atoms with Gasteiger partial charge in [0.15, 0.2) is 0 Å². The molecule has 0 bridgehead atoms. The number of amides is 2. The van der Waals surface area contributed by atoms with E-state index in [2.05, 4.69) is 21.1 Å². The van der Waals surface area contributed by atoms with Crippen LogP contribution in [0.25, 0.3) is 0 Å². The fourth-order valence-corrected chi connectivity index (χ4v) is 4.50. The quantitative estimate of drug-likeness (QED) is 0.911. The molecule has 2 atom stereocenters. The Labute approximate surface area is 142 Å². The Morgan fingerprint density at radius 2 is 2.04 bits per heavy atom. The van der Waals surface area contributed by atoms with Crippen LogP contribution in [-0.2, 0) is 22.6 Å². The second-order valence-electron chi connectivity index (χ2n) is 7.58. The third-order valence-electron chi connectivity index (χ3n) is 5.75. The standard InChI is InChI=1S/C18H26N4O2/c1-12-9-21-11-14(6-7-16(21)19-12)20-18(24)13-8-17(23)22(10-13)15-4-2-3-5-15/h9,13-15H,2-8,10-11H2,1H3,(H,20,24)/t13-,14+/m1/s1. The van der Waals surface area contributed by atoms with E-state index in [1.165, 1.54) is 12.8 Å². The molecule has 3 heterocycles. The first-order valence-corrected chi connectivity index (χ1v) is 9.22. The van der Waals surface area contributed by atoms with E-state index in [-0.39, 0.29) is 23.8 Å². The molecule has 2 aliphatic heterocycles. The summed E-state index contributed by atoms with van der Waals surface area (Å²) in [7, 11) is 0. The summed E-state index contributed by atoms with van der Waals surface area (Å²) in [6.45, 7) is 3.40. The number of hydrogen-bond donors (Lipinski definition) is 1. The van der Waals surface area contributed by atoms with E-state index in [1.54, 1.807) is 0 Å². The minimum absolute atomic E-state index is 0.0501. The summed E-state index contributed by atoms with van der Waals surface area (Å²) in [5.41, 5.74) is 1.03. The van der Waals surface area contributed by atoms with Crippen molar-refractivity contribution in [2.24, 2.45) is 5.92 Å². The molecule has 6 heteroatoms. The first-order chi connectivity index (χ1) is 11.6. The minimum Gasteiger partial charge on any atom is -0.351 e. The van der Waals surface area contributed by atoms with Gasteiger partial charge >= 0.3 is 0 Å². The zero-order valence-corrected chi connectivity index (χ0v) is 14.3. The van der Waals surface area contributed by atoms with Crippen molar-refractivity contribution in [1.82, 2.24) is 19.8 Å². The Kier molecular flexibility index (Phi) is 4.06. The van der Waals surface area contributed by atoms with Gasteiger partial charge < -0.3 is 14.8 Å². The molecule has 1 aromatic rings. The van der Waals surface area contributed by atoms with Crippen molar-refractivity contribution in [2.45, 2.75) is 70.5 Å². The summed E-state index contributed by atoms with van der Waals surface area (Å²) in [6.07, 6.45) is 8.88. The highest BCUT2D eigenvalue weighted by molar-refractivity contribution is 5.89. The molecule has 1 saturated carbocycles. The smallest absolute Gasteiger partial charge is 0.225 e. The lowest BCUT2D eigenvalue weighted by Crippen LogP contribution is -2.44. The molecule has 1 N–H and O–H groups in total. The normalized spacial score (nSPS) is 27.5. The van der Waals surface area contributed by atoms with Crippen LogP contribution < -0.4 is 5.32 Å². The minimum atomic E-state index is -0.177. The van der Waals surface area contributed by atoms with Crippen LogP contribution in [0, 0.1) is 12.8 Å². The first kappa shape index (κ1) is 15.7. The average molecular weight is 330 g/mol. The van der Waals surface area contributed by atoms with Crippen molar-refractivity contribution in [2.75, 3.05) is 6.54 Å². The van der Waals surface area contributed by atoms with Gasteiger partial charge in [0.05, 0.1) is 11.6 Å². The van der Waals surface area contributed by atoms with Crippen LogP contribution >= 0.6 is 0 Å². The molecule has 0 unspecified atom stereocenters. The predicted octanol–water partition coefficient (Wildman–Crippen LogP) is 1.41. The maximum atomic E-state index is 12.6. The lowest BCUT2D eigenvalue weighted by Gasteiger charge is -2.26. The molecule has 3 aliphatic rings. The SMILES string of the molecule is Cc1cn2c(n1)CC[C@H](NC(=O)[C@@H]1CC(=O)N(C3CCCC3)C1)C2. The van der Waals surface area contributed by atoms with Crippen molar-refractivity contribution < 1.29 is 9.59 Å². The van der Waals surface area contributed by atoms with E-state index in [4.69, 9.17) is 0 Å². The first-order valence-electron chi connectivity index (χ1n) is 9.22. The van der Waals surface area contributed by atoms with Crippen LogP contribution in [0.2, 0.25) is 0 Å². The summed E-state index contributed by atoms with van der Waals surface area (Å²) in [5, 5.41) is 3.18. The lowest BCUT2D eigenvalue weighted by molar-refractivity contribution is -0.130. The van der Waals surface area contributed by atoms with Gasteiger partial charge in [-0.15, -0.1) is 0 Å². The molecular formula is C18H26N4O2. The molecular weight excluding hydrogens is 304 g/mol. The third-order valence-corrected chi connectivity index (χ3v) is 5.75. The number of imidazole rings is 1. The maximum absolute atomic E-state index is 12.6. The highest BCUT2D eigenvalue weighted by Crippen LogP contribution is 2.29. The number of hydrogen-bond acceptors (Lipinski definition) is 3. The number of nitrogens with zero attached hydrogens (tertiary/aromatic N) is 3. The van der Waals surface area contributed by atoms with Crippen LogP contribution in [0.1, 0.15) is 50.0 Å². The zero-order chi connectivity index (χ0) is 16.7. The fraction of sp³-hybridized carbons (Fsp3) is 0.722. The highest BCUT2D eigenvalue weighted by Gasteiger charge is 2.39. The molecule has 0 spiro atoms. The number of fused-ring (bicyclic) bond motifs is 1. The molecule has 1 aliphatic carbocycles. The largest absolute Gasteiger partial charge is 0.351 e. The Morgan fingerprint density at radius 1 is 1.25 bits per heavy atom. The number of carbonyl (C=O) groups is 2. The second kappa shape index (κ2) is 6.22. The molecule has 24 heavy (non-hydrogen) atoms. The van der Waals surface area contributed by atoms with Gasteiger partial charge in [-0.25, -0.2) is 4.98 Å². The van der Waals surface area contributed by atoms with E-state index >= 15 is 0 Å².